The number of amides is 1. The minimum absolute atomic E-state index is 0.0348. The zero-order chi connectivity index (χ0) is 18.4. The number of nitro benzene ring substituents is 1. The van der Waals surface area contributed by atoms with Crippen LogP contribution >= 0.6 is 23.2 Å². The predicted molar refractivity (Wildman–Crippen MR) is 93.5 cm³/mol. The van der Waals surface area contributed by atoms with E-state index >= 15 is 0 Å². The summed E-state index contributed by atoms with van der Waals surface area (Å²) in [4.78, 5) is 21.9. The fourth-order valence-electron chi connectivity index (χ4n) is 1.94. The van der Waals surface area contributed by atoms with E-state index in [1.807, 2.05) is 0 Å². The van der Waals surface area contributed by atoms with E-state index < -0.39 is 4.92 Å². The number of anilines is 2. The summed E-state index contributed by atoms with van der Waals surface area (Å²) in [6, 6.07) is 2.40. The molecule has 0 aliphatic heterocycles. The number of halogens is 2. The molecule has 9 nitrogen and oxygen atoms in total. The fraction of sp³-hybridized carbons (Fsp3) is 0.286. The Morgan fingerprint density at radius 3 is 2.68 bits per heavy atom. The number of methoxy groups -OCH3 is 1. The quantitative estimate of drug-likeness (QED) is 0.409. The van der Waals surface area contributed by atoms with Gasteiger partial charge >= 0.3 is 0 Å². The molecule has 1 amide bonds. The molecule has 2 N–H and O–H groups in total. The Bertz CT molecular complexity index is 757. The van der Waals surface area contributed by atoms with E-state index in [-0.39, 0.29) is 28.2 Å². The monoisotopic (exact) mass is 387 g/mol. The van der Waals surface area contributed by atoms with E-state index in [2.05, 4.69) is 15.7 Å². The first-order valence-corrected chi connectivity index (χ1v) is 7.85. The Kier molecular flexibility index (Phi) is 6.57. The van der Waals surface area contributed by atoms with Gasteiger partial charge in [0.15, 0.2) is 0 Å². The van der Waals surface area contributed by atoms with Crippen molar-refractivity contribution in [1.29, 1.82) is 0 Å². The average molecular weight is 388 g/mol. The normalized spacial score (nSPS) is 10.5. The number of non-ortho nitro benzene ring substituents is 1. The number of ether oxygens (including phenoxy) is 1. The third-order valence-electron chi connectivity index (χ3n) is 3.07. The van der Waals surface area contributed by atoms with E-state index in [1.54, 1.807) is 13.3 Å². The van der Waals surface area contributed by atoms with Crippen LogP contribution in [0.2, 0.25) is 10.0 Å². The van der Waals surface area contributed by atoms with Crippen molar-refractivity contribution >= 4 is 46.2 Å². The van der Waals surface area contributed by atoms with Crippen LogP contribution in [0.5, 0.6) is 0 Å². The lowest BCUT2D eigenvalue weighted by Gasteiger charge is -2.08. The van der Waals surface area contributed by atoms with Gasteiger partial charge in [-0.1, -0.05) is 23.2 Å². The lowest BCUT2D eigenvalue weighted by molar-refractivity contribution is -0.384. The van der Waals surface area contributed by atoms with E-state index in [0.717, 1.165) is 0 Å². The van der Waals surface area contributed by atoms with Crippen molar-refractivity contribution in [3.8, 4) is 0 Å². The molecule has 0 fully saturated rings. The smallest absolute Gasteiger partial charge is 0.272 e. The highest BCUT2D eigenvalue weighted by molar-refractivity contribution is 6.39. The molecule has 0 bridgehead atoms. The Morgan fingerprint density at radius 1 is 1.40 bits per heavy atom. The average Bonchev–Trinajstić information content (AvgIpc) is 2.98. The van der Waals surface area contributed by atoms with Crippen molar-refractivity contribution in [3.63, 3.8) is 0 Å². The van der Waals surface area contributed by atoms with E-state index in [0.29, 0.717) is 24.5 Å². The number of carbonyl (C=O) groups is 1. The van der Waals surface area contributed by atoms with Crippen LogP contribution in [0.3, 0.4) is 0 Å². The lowest BCUT2D eigenvalue weighted by atomic mass is 10.2. The molecule has 1 heterocycles. The molecule has 25 heavy (non-hydrogen) atoms. The molecule has 0 radical (unpaired) electrons. The minimum Gasteiger partial charge on any atom is -0.383 e. The maximum absolute atomic E-state index is 11.7. The first-order valence-electron chi connectivity index (χ1n) is 7.09. The number of nitrogens with one attached hydrogen (secondary N) is 2. The Morgan fingerprint density at radius 2 is 2.08 bits per heavy atom. The van der Waals surface area contributed by atoms with Crippen LogP contribution in [-0.4, -0.2) is 40.9 Å². The van der Waals surface area contributed by atoms with Crippen LogP contribution in [0.4, 0.5) is 17.1 Å². The summed E-state index contributed by atoms with van der Waals surface area (Å²) < 4.78 is 6.27. The van der Waals surface area contributed by atoms with E-state index in [9.17, 15) is 14.9 Å². The summed E-state index contributed by atoms with van der Waals surface area (Å²) in [5, 5.41) is 20.6. The van der Waals surface area contributed by atoms with Gasteiger partial charge in [0.25, 0.3) is 5.69 Å². The molecule has 0 aliphatic rings. The first-order chi connectivity index (χ1) is 11.9. The fourth-order valence-corrected chi connectivity index (χ4v) is 2.51. The molecule has 134 valence electrons. The van der Waals surface area contributed by atoms with Crippen molar-refractivity contribution < 1.29 is 14.5 Å². The number of hydrogen-bond acceptors (Lipinski definition) is 6. The SMILES string of the molecule is COCCNC(=O)Cn1cc(Nc2c(Cl)cc([N+](=O)[O-])cc2Cl)cn1. The van der Waals surface area contributed by atoms with Gasteiger partial charge in [-0.2, -0.15) is 5.10 Å². The van der Waals surface area contributed by atoms with Gasteiger partial charge in [0, 0.05) is 32.0 Å². The molecular formula is C14H15Cl2N5O4. The Labute approximate surface area is 153 Å². The maximum atomic E-state index is 11.7. The maximum Gasteiger partial charge on any atom is 0.272 e. The number of nitrogens with zero attached hydrogens (tertiary/aromatic N) is 3. The van der Waals surface area contributed by atoms with Crippen molar-refractivity contribution in [2.45, 2.75) is 6.54 Å². The highest BCUT2D eigenvalue weighted by atomic mass is 35.5. The zero-order valence-corrected chi connectivity index (χ0v) is 14.7. The number of nitro groups is 1. The summed E-state index contributed by atoms with van der Waals surface area (Å²) in [5.74, 6) is -0.210. The summed E-state index contributed by atoms with van der Waals surface area (Å²) >= 11 is 12.1. The summed E-state index contributed by atoms with van der Waals surface area (Å²) in [5.41, 5.74) is 0.643. The van der Waals surface area contributed by atoms with E-state index in [1.165, 1.54) is 23.0 Å². The second kappa shape index (κ2) is 8.65. The molecule has 0 saturated carbocycles. The lowest BCUT2D eigenvalue weighted by Crippen LogP contribution is -2.30. The van der Waals surface area contributed by atoms with Gasteiger partial charge in [0.05, 0.1) is 39.1 Å². The first kappa shape index (κ1) is 19.0. The Hall–Kier alpha value is -2.36. The number of rotatable bonds is 8. The topological polar surface area (TPSA) is 111 Å². The van der Waals surface area contributed by atoms with Crippen molar-refractivity contribution in [3.05, 3.63) is 44.7 Å². The van der Waals surface area contributed by atoms with Crippen LogP contribution in [0.15, 0.2) is 24.5 Å². The molecule has 0 unspecified atom stereocenters. The molecule has 0 aliphatic carbocycles. The molecule has 2 aromatic rings. The molecule has 1 aromatic heterocycles. The Balaban J connectivity index is 2.04. The number of benzene rings is 1. The third-order valence-corrected chi connectivity index (χ3v) is 3.67. The highest BCUT2D eigenvalue weighted by Gasteiger charge is 2.15. The van der Waals surface area contributed by atoms with Gasteiger partial charge in [0.1, 0.15) is 6.54 Å². The number of hydrogen-bond donors (Lipinski definition) is 2. The molecule has 0 saturated heterocycles. The molecule has 2 rings (SSSR count). The van der Waals surface area contributed by atoms with Gasteiger partial charge in [-0.3, -0.25) is 19.6 Å². The largest absolute Gasteiger partial charge is 0.383 e. The van der Waals surface area contributed by atoms with Crippen LogP contribution in [-0.2, 0) is 16.1 Å². The van der Waals surface area contributed by atoms with Gasteiger partial charge in [-0.15, -0.1) is 0 Å². The molecule has 11 heteroatoms. The molecule has 1 aromatic carbocycles. The van der Waals surface area contributed by atoms with Crippen molar-refractivity contribution in [2.24, 2.45) is 0 Å². The van der Waals surface area contributed by atoms with Crippen LogP contribution in [0, 0.1) is 10.1 Å². The molecule has 0 atom stereocenters. The van der Waals surface area contributed by atoms with Gasteiger partial charge in [-0.25, -0.2) is 0 Å². The van der Waals surface area contributed by atoms with Crippen molar-refractivity contribution in [2.75, 3.05) is 25.6 Å². The van der Waals surface area contributed by atoms with Gasteiger partial charge in [-0.05, 0) is 0 Å². The molecule has 0 spiro atoms. The summed E-state index contributed by atoms with van der Waals surface area (Å²) in [7, 11) is 1.55. The standard InChI is InChI=1S/C14H15Cl2N5O4/c1-25-3-2-17-13(22)8-20-7-9(6-18-20)19-14-11(15)4-10(21(23)24)5-12(14)16/h4-7,19H,2-3,8H2,1H3,(H,17,22). The number of aromatic nitrogens is 2. The summed E-state index contributed by atoms with van der Waals surface area (Å²) in [6.07, 6.45) is 3.07. The van der Waals surface area contributed by atoms with E-state index in [4.69, 9.17) is 27.9 Å². The predicted octanol–water partition coefficient (Wildman–Crippen LogP) is 2.60. The van der Waals surface area contributed by atoms with Crippen LogP contribution < -0.4 is 10.6 Å². The minimum atomic E-state index is -0.582. The van der Waals surface area contributed by atoms with Crippen LogP contribution in [0.25, 0.3) is 0 Å². The summed E-state index contributed by atoms with van der Waals surface area (Å²) in [6.45, 7) is 0.873. The number of carbonyl (C=O) groups excluding carboxylic acids is 1. The zero-order valence-electron chi connectivity index (χ0n) is 13.2. The second-order valence-electron chi connectivity index (χ2n) is 4.94. The highest BCUT2D eigenvalue weighted by Crippen LogP contribution is 2.36. The van der Waals surface area contributed by atoms with Crippen molar-refractivity contribution in [1.82, 2.24) is 15.1 Å². The second-order valence-corrected chi connectivity index (χ2v) is 5.75. The van der Waals surface area contributed by atoms with Gasteiger partial charge in [0.2, 0.25) is 5.91 Å². The third kappa shape index (κ3) is 5.31. The van der Waals surface area contributed by atoms with Crippen LogP contribution in [0.1, 0.15) is 0 Å². The molecular weight excluding hydrogens is 373 g/mol. The van der Waals surface area contributed by atoms with Gasteiger partial charge < -0.3 is 15.4 Å².